The second-order valence-electron chi connectivity index (χ2n) is 8.18. The van der Waals surface area contributed by atoms with E-state index in [1.807, 2.05) is 32.0 Å². The van der Waals surface area contributed by atoms with Crippen LogP contribution in [0.2, 0.25) is 0 Å². The molecule has 11 heteroatoms. The highest BCUT2D eigenvalue weighted by atomic mass is 19.4. The van der Waals surface area contributed by atoms with Gasteiger partial charge in [0.25, 0.3) is 5.91 Å². The van der Waals surface area contributed by atoms with E-state index in [4.69, 9.17) is 14.3 Å². The third kappa shape index (κ3) is 5.99. The molecule has 8 nitrogen and oxygen atoms in total. The first-order valence-corrected chi connectivity index (χ1v) is 9.90. The van der Waals surface area contributed by atoms with Crippen LogP contribution in [0.1, 0.15) is 35.9 Å². The lowest BCUT2D eigenvalue weighted by atomic mass is 9.91. The Morgan fingerprint density at radius 3 is 2.35 bits per heavy atom. The number of furan rings is 1. The molecule has 31 heavy (non-hydrogen) atoms. The first-order valence-electron chi connectivity index (χ1n) is 9.90. The van der Waals surface area contributed by atoms with E-state index in [9.17, 15) is 22.8 Å². The van der Waals surface area contributed by atoms with Crippen LogP contribution in [0.3, 0.4) is 0 Å². The Kier molecular flexibility index (Phi) is 7.74. The van der Waals surface area contributed by atoms with Gasteiger partial charge in [0, 0.05) is 44.2 Å². The number of aryl methyl sites for hydroxylation is 1. The maximum Gasteiger partial charge on any atom is 0.490 e. The number of alkyl halides is 3. The summed E-state index contributed by atoms with van der Waals surface area (Å²) in [5.74, 6) is -1.84. The summed E-state index contributed by atoms with van der Waals surface area (Å²) >= 11 is 0. The van der Waals surface area contributed by atoms with Crippen molar-refractivity contribution in [1.82, 2.24) is 14.7 Å². The molecule has 2 aliphatic heterocycles. The number of amides is 2. The van der Waals surface area contributed by atoms with Crippen LogP contribution in [0.15, 0.2) is 16.7 Å². The third-order valence-electron chi connectivity index (χ3n) is 5.54. The maximum absolute atomic E-state index is 12.7. The molecule has 174 valence electrons. The molecule has 0 saturated carbocycles. The summed E-state index contributed by atoms with van der Waals surface area (Å²) in [6.07, 6.45) is -1.71. The fraction of sp³-hybridized carbons (Fsp3) is 0.650. The molecule has 1 aromatic rings. The first kappa shape index (κ1) is 24.7. The highest BCUT2D eigenvalue weighted by Gasteiger charge is 2.46. The van der Waals surface area contributed by atoms with E-state index in [2.05, 4.69) is 9.80 Å². The SMILES string of the molecule is CC(=O)N1[C@H](CN(C)C)C[C@@H]2CN(C(=O)c3occc3C)CC[C@@H]21.O=C(O)C(F)(F)F. The van der Waals surface area contributed by atoms with Gasteiger partial charge in [-0.15, -0.1) is 0 Å². The van der Waals surface area contributed by atoms with Gasteiger partial charge in [-0.2, -0.15) is 13.2 Å². The number of piperidine rings is 1. The van der Waals surface area contributed by atoms with Crippen molar-refractivity contribution < 1.29 is 37.1 Å². The van der Waals surface area contributed by atoms with Crippen molar-refractivity contribution in [3.63, 3.8) is 0 Å². The van der Waals surface area contributed by atoms with Crippen LogP contribution in [0.4, 0.5) is 13.2 Å². The van der Waals surface area contributed by atoms with E-state index in [1.165, 1.54) is 0 Å². The van der Waals surface area contributed by atoms with Crippen LogP contribution in [0.25, 0.3) is 0 Å². The summed E-state index contributed by atoms with van der Waals surface area (Å²) in [7, 11) is 4.08. The van der Waals surface area contributed by atoms with E-state index in [-0.39, 0.29) is 23.9 Å². The fourth-order valence-corrected chi connectivity index (χ4v) is 4.35. The largest absolute Gasteiger partial charge is 0.490 e. The number of fused-ring (bicyclic) bond motifs is 1. The van der Waals surface area contributed by atoms with E-state index in [1.54, 1.807) is 13.2 Å². The summed E-state index contributed by atoms with van der Waals surface area (Å²) in [5.41, 5.74) is 0.879. The van der Waals surface area contributed by atoms with Gasteiger partial charge in [0.1, 0.15) is 0 Å². The molecule has 0 unspecified atom stereocenters. The van der Waals surface area contributed by atoms with Crippen LogP contribution < -0.4 is 0 Å². The van der Waals surface area contributed by atoms with Gasteiger partial charge in [0.15, 0.2) is 5.76 Å². The summed E-state index contributed by atoms with van der Waals surface area (Å²) < 4.78 is 37.1. The summed E-state index contributed by atoms with van der Waals surface area (Å²) in [6.45, 7) is 5.81. The predicted molar refractivity (Wildman–Crippen MR) is 104 cm³/mol. The monoisotopic (exact) mass is 447 g/mol. The van der Waals surface area contributed by atoms with Crippen molar-refractivity contribution in [2.24, 2.45) is 5.92 Å². The van der Waals surface area contributed by atoms with Gasteiger partial charge in [-0.1, -0.05) is 0 Å². The number of likely N-dealkylation sites (N-methyl/N-ethyl adjacent to an activating group) is 1. The summed E-state index contributed by atoms with van der Waals surface area (Å²) in [6, 6.07) is 2.32. The number of halogens is 3. The number of aliphatic carboxylic acids is 1. The molecule has 1 aromatic heterocycles. The van der Waals surface area contributed by atoms with Gasteiger partial charge in [-0.25, -0.2) is 4.79 Å². The molecule has 3 rings (SSSR count). The Balaban J connectivity index is 0.000000423. The molecule has 2 saturated heterocycles. The maximum atomic E-state index is 12.7. The van der Waals surface area contributed by atoms with Gasteiger partial charge in [0.2, 0.25) is 5.91 Å². The minimum absolute atomic E-state index is 0.0265. The molecular weight excluding hydrogens is 419 g/mol. The van der Waals surface area contributed by atoms with Crippen molar-refractivity contribution in [2.45, 2.75) is 44.9 Å². The molecule has 3 atom stereocenters. The zero-order valence-electron chi connectivity index (χ0n) is 18.0. The van der Waals surface area contributed by atoms with Gasteiger partial charge in [-0.3, -0.25) is 9.59 Å². The normalized spacial score (nSPS) is 23.3. The molecule has 0 spiro atoms. The standard InChI is InChI=1S/C18H27N3O3.C2HF3O2/c1-12-6-8-24-17(12)18(23)20-7-5-16-14(10-20)9-15(11-19(3)4)21(16)13(2)22;3-2(4,5)1(6)7/h6,8,14-16H,5,7,9-11H2,1-4H3;(H,6,7)/t14-,15+,16+;/m1./s1. The van der Waals surface area contributed by atoms with Crippen molar-refractivity contribution in [3.8, 4) is 0 Å². The second kappa shape index (κ2) is 9.71. The molecule has 2 aliphatic rings. The molecule has 2 fully saturated rings. The van der Waals surface area contributed by atoms with Gasteiger partial charge in [0.05, 0.1) is 6.26 Å². The van der Waals surface area contributed by atoms with E-state index >= 15 is 0 Å². The number of nitrogens with zero attached hydrogens (tertiary/aromatic N) is 3. The number of hydrogen-bond acceptors (Lipinski definition) is 5. The van der Waals surface area contributed by atoms with Gasteiger partial charge in [-0.05, 0) is 45.8 Å². The second-order valence-corrected chi connectivity index (χ2v) is 8.18. The molecule has 0 bridgehead atoms. The van der Waals surface area contributed by atoms with E-state index in [0.717, 1.165) is 24.9 Å². The Morgan fingerprint density at radius 1 is 1.29 bits per heavy atom. The molecule has 0 aliphatic carbocycles. The minimum Gasteiger partial charge on any atom is -0.475 e. The molecule has 1 N–H and O–H groups in total. The van der Waals surface area contributed by atoms with Crippen LogP contribution >= 0.6 is 0 Å². The minimum atomic E-state index is -5.08. The Labute approximate surface area is 178 Å². The van der Waals surface area contributed by atoms with Crippen LogP contribution in [0, 0.1) is 12.8 Å². The number of rotatable bonds is 3. The fourth-order valence-electron chi connectivity index (χ4n) is 4.35. The predicted octanol–water partition coefficient (Wildman–Crippen LogP) is 2.23. The molecule has 3 heterocycles. The van der Waals surface area contributed by atoms with Crippen molar-refractivity contribution in [1.29, 1.82) is 0 Å². The van der Waals surface area contributed by atoms with Crippen LogP contribution in [-0.4, -0.2) is 89.6 Å². The Hall–Kier alpha value is -2.56. The van der Waals surface area contributed by atoms with Gasteiger partial charge < -0.3 is 24.2 Å². The van der Waals surface area contributed by atoms with Crippen molar-refractivity contribution in [3.05, 3.63) is 23.7 Å². The average Bonchev–Trinajstić information content (AvgIpc) is 3.22. The summed E-state index contributed by atoms with van der Waals surface area (Å²) in [4.78, 5) is 39.8. The summed E-state index contributed by atoms with van der Waals surface area (Å²) in [5, 5.41) is 7.12. The number of likely N-dealkylation sites (tertiary alicyclic amines) is 2. The molecule has 2 amide bonds. The molecule has 0 aromatic carbocycles. The van der Waals surface area contributed by atoms with E-state index in [0.29, 0.717) is 24.8 Å². The van der Waals surface area contributed by atoms with Crippen LogP contribution in [-0.2, 0) is 9.59 Å². The molecular formula is C20H28F3N3O5. The van der Waals surface area contributed by atoms with Crippen LogP contribution in [0.5, 0.6) is 0 Å². The zero-order valence-corrected chi connectivity index (χ0v) is 18.0. The zero-order chi connectivity index (χ0) is 23.5. The number of carboxylic acid groups (broad SMARTS) is 1. The Bertz CT molecular complexity index is 808. The topological polar surface area (TPSA) is 94.3 Å². The number of carbonyl (C=O) groups excluding carboxylic acids is 2. The number of hydrogen-bond donors (Lipinski definition) is 1. The lowest BCUT2D eigenvalue weighted by Crippen LogP contribution is -2.50. The van der Waals surface area contributed by atoms with Crippen molar-refractivity contribution >= 4 is 17.8 Å². The lowest BCUT2D eigenvalue weighted by Gasteiger charge is -2.38. The quantitative estimate of drug-likeness (QED) is 0.764. The number of carbonyl (C=O) groups is 3. The Morgan fingerprint density at radius 2 is 1.90 bits per heavy atom. The van der Waals surface area contributed by atoms with Crippen molar-refractivity contribution in [2.75, 3.05) is 33.7 Å². The first-order chi connectivity index (χ1) is 14.3. The highest BCUT2D eigenvalue weighted by Crippen LogP contribution is 2.36. The average molecular weight is 447 g/mol. The highest BCUT2D eigenvalue weighted by molar-refractivity contribution is 5.93. The lowest BCUT2D eigenvalue weighted by molar-refractivity contribution is -0.192. The van der Waals surface area contributed by atoms with E-state index < -0.39 is 12.1 Å². The molecule has 0 radical (unpaired) electrons. The smallest absolute Gasteiger partial charge is 0.475 e. The number of carboxylic acids is 1. The van der Waals surface area contributed by atoms with Gasteiger partial charge >= 0.3 is 12.1 Å². The third-order valence-corrected chi connectivity index (χ3v) is 5.54.